The smallest absolute Gasteiger partial charge is 0.348 e. The Labute approximate surface area is 104 Å². The zero-order valence-corrected chi connectivity index (χ0v) is 9.93. The van der Waals surface area contributed by atoms with Gasteiger partial charge in [-0.3, -0.25) is 0 Å². The Balaban J connectivity index is 0.000000171. The van der Waals surface area contributed by atoms with Gasteiger partial charge in [0.25, 0.3) is 0 Å². The van der Waals surface area contributed by atoms with E-state index in [1.807, 2.05) is 0 Å². The molecule has 0 atom stereocenters. The lowest BCUT2D eigenvalue weighted by atomic mass is 10.4. The Morgan fingerprint density at radius 3 is 2.00 bits per heavy atom. The molecule has 2 aromatic rings. The summed E-state index contributed by atoms with van der Waals surface area (Å²) in [6.45, 7) is 0. The number of carboxylic acids is 2. The molecule has 0 aliphatic heterocycles. The summed E-state index contributed by atoms with van der Waals surface area (Å²) in [4.78, 5) is 20.3. The number of halogens is 1. The van der Waals surface area contributed by atoms with Gasteiger partial charge in [0.1, 0.15) is 15.6 Å². The Hall–Kier alpha value is -1.73. The van der Waals surface area contributed by atoms with E-state index in [1.54, 1.807) is 17.5 Å². The van der Waals surface area contributed by atoms with E-state index in [-0.39, 0.29) is 4.88 Å². The summed E-state index contributed by atoms with van der Waals surface area (Å²) in [5, 5.41) is 19.7. The summed E-state index contributed by atoms with van der Waals surface area (Å²) in [6.07, 6.45) is 0. The normalized spacial score (nSPS) is 9.24. The fourth-order valence-electron chi connectivity index (χ4n) is 0.847. The van der Waals surface area contributed by atoms with Gasteiger partial charge in [-0.15, -0.1) is 22.7 Å². The fraction of sp³-hybridized carbons (Fsp3) is 0. The van der Waals surface area contributed by atoms with Crippen molar-refractivity contribution in [2.75, 3.05) is 0 Å². The Morgan fingerprint density at radius 1 is 1.06 bits per heavy atom. The highest BCUT2D eigenvalue weighted by Crippen LogP contribution is 2.13. The second-order valence-corrected chi connectivity index (χ2v) is 4.55. The van der Waals surface area contributed by atoms with E-state index in [0.717, 1.165) is 17.4 Å². The van der Waals surface area contributed by atoms with Gasteiger partial charge in [0.15, 0.2) is 0 Å². The third-order valence-corrected chi connectivity index (χ3v) is 3.28. The van der Waals surface area contributed by atoms with Crippen molar-refractivity contribution in [1.82, 2.24) is 0 Å². The van der Waals surface area contributed by atoms with Crippen LogP contribution in [-0.4, -0.2) is 22.2 Å². The van der Waals surface area contributed by atoms with Gasteiger partial charge >= 0.3 is 11.9 Å². The molecule has 2 rings (SSSR count). The minimum Gasteiger partial charge on any atom is -0.477 e. The summed E-state index contributed by atoms with van der Waals surface area (Å²) in [7, 11) is 0. The first-order chi connectivity index (χ1) is 8.02. The lowest BCUT2D eigenvalue weighted by Crippen LogP contribution is -1.93. The van der Waals surface area contributed by atoms with Crippen molar-refractivity contribution in [2.45, 2.75) is 0 Å². The molecule has 17 heavy (non-hydrogen) atoms. The van der Waals surface area contributed by atoms with Gasteiger partial charge in [-0.25, -0.2) is 14.0 Å². The Bertz CT molecular complexity index is 504. The van der Waals surface area contributed by atoms with Crippen LogP contribution >= 0.6 is 22.7 Å². The molecule has 90 valence electrons. The average molecular weight is 274 g/mol. The molecular formula is C10H7FO4S2. The number of carbonyl (C=O) groups is 2. The van der Waals surface area contributed by atoms with Crippen molar-refractivity contribution in [3.63, 3.8) is 0 Å². The highest BCUT2D eigenvalue weighted by molar-refractivity contribution is 7.12. The summed E-state index contributed by atoms with van der Waals surface area (Å²) in [5.41, 5.74) is 0. The van der Waals surface area contributed by atoms with Crippen LogP contribution in [0, 0.1) is 5.82 Å². The second kappa shape index (κ2) is 6.12. The van der Waals surface area contributed by atoms with Crippen LogP contribution in [0.5, 0.6) is 0 Å². The molecule has 2 aromatic heterocycles. The van der Waals surface area contributed by atoms with E-state index in [1.165, 1.54) is 16.7 Å². The molecule has 0 aliphatic rings. The van der Waals surface area contributed by atoms with E-state index < -0.39 is 17.8 Å². The number of hydrogen-bond donors (Lipinski definition) is 2. The minimum absolute atomic E-state index is 0.227. The quantitative estimate of drug-likeness (QED) is 0.882. The first kappa shape index (κ1) is 13.3. The first-order valence-electron chi connectivity index (χ1n) is 4.25. The van der Waals surface area contributed by atoms with E-state index in [9.17, 15) is 14.0 Å². The van der Waals surface area contributed by atoms with Crippen LogP contribution in [0.3, 0.4) is 0 Å². The molecule has 0 saturated heterocycles. The van der Waals surface area contributed by atoms with Crippen LogP contribution in [0.2, 0.25) is 0 Å². The average Bonchev–Trinajstić information content (AvgIpc) is 2.87. The van der Waals surface area contributed by atoms with Crippen molar-refractivity contribution in [1.29, 1.82) is 0 Å². The predicted molar refractivity (Wildman–Crippen MR) is 62.5 cm³/mol. The summed E-state index contributed by atoms with van der Waals surface area (Å²) in [5.74, 6) is -2.71. The third-order valence-electron chi connectivity index (χ3n) is 1.54. The van der Waals surface area contributed by atoms with E-state index in [0.29, 0.717) is 4.88 Å². The standard InChI is InChI=1S/C5H3FO2S.C5H4O2S/c6-3-1-2-9-4(3)5(7)8;6-5(7)4-2-1-3-8-4/h1-2H,(H,7,8);1-3H,(H,6,7). The molecular weight excluding hydrogens is 267 g/mol. The Kier molecular flexibility index (Phi) is 4.80. The number of carboxylic acid groups (broad SMARTS) is 2. The van der Waals surface area contributed by atoms with Crippen LogP contribution in [0.1, 0.15) is 19.3 Å². The zero-order valence-electron chi connectivity index (χ0n) is 8.29. The topological polar surface area (TPSA) is 74.6 Å². The molecule has 0 unspecified atom stereocenters. The summed E-state index contributed by atoms with van der Waals surface area (Å²) < 4.78 is 12.2. The summed E-state index contributed by atoms with van der Waals surface area (Å²) in [6, 6.07) is 4.43. The summed E-state index contributed by atoms with van der Waals surface area (Å²) >= 11 is 2.11. The maximum atomic E-state index is 12.2. The van der Waals surface area contributed by atoms with E-state index >= 15 is 0 Å². The van der Waals surface area contributed by atoms with Crippen LogP contribution in [-0.2, 0) is 0 Å². The number of hydrogen-bond acceptors (Lipinski definition) is 4. The SMILES string of the molecule is O=C(O)c1cccs1.O=C(O)c1sccc1F. The van der Waals surface area contributed by atoms with Gasteiger partial charge in [0.2, 0.25) is 0 Å². The zero-order chi connectivity index (χ0) is 12.8. The third kappa shape index (κ3) is 3.97. The van der Waals surface area contributed by atoms with Crippen LogP contribution < -0.4 is 0 Å². The van der Waals surface area contributed by atoms with E-state index in [4.69, 9.17) is 10.2 Å². The van der Waals surface area contributed by atoms with Crippen LogP contribution in [0.4, 0.5) is 4.39 Å². The van der Waals surface area contributed by atoms with Crippen molar-refractivity contribution >= 4 is 34.6 Å². The number of thiophene rings is 2. The molecule has 0 bridgehead atoms. The van der Waals surface area contributed by atoms with Gasteiger partial charge in [0, 0.05) is 0 Å². The van der Waals surface area contributed by atoms with Crippen molar-refractivity contribution in [3.05, 3.63) is 44.5 Å². The van der Waals surface area contributed by atoms with Crippen LogP contribution in [0.15, 0.2) is 29.0 Å². The maximum absolute atomic E-state index is 12.2. The Morgan fingerprint density at radius 2 is 1.76 bits per heavy atom. The largest absolute Gasteiger partial charge is 0.477 e. The van der Waals surface area contributed by atoms with Gasteiger partial charge < -0.3 is 10.2 Å². The predicted octanol–water partition coefficient (Wildman–Crippen LogP) is 3.03. The molecule has 0 amide bonds. The van der Waals surface area contributed by atoms with E-state index in [2.05, 4.69) is 0 Å². The van der Waals surface area contributed by atoms with Gasteiger partial charge in [0.05, 0.1) is 0 Å². The monoisotopic (exact) mass is 274 g/mol. The highest BCUT2D eigenvalue weighted by atomic mass is 32.1. The van der Waals surface area contributed by atoms with Gasteiger partial charge in [-0.1, -0.05) is 6.07 Å². The lowest BCUT2D eigenvalue weighted by molar-refractivity contribution is 0.0688. The molecule has 0 saturated carbocycles. The molecule has 4 nitrogen and oxygen atoms in total. The number of aromatic carboxylic acids is 2. The maximum Gasteiger partial charge on any atom is 0.348 e. The molecule has 0 spiro atoms. The minimum atomic E-state index is -1.21. The number of rotatable bonds is 2. The molecule has 0 aromatic carbocycles. The first-order valence-corrected chi connectivity index (χ1v) is 6.01. The van der Waals surface area contributed by atoms with Crippen LogP contribution in [0.25, 0.3) is 0 Å². The fourth-order valence-corrected chi connectivity index (χ4v) is 2.01. The van der Waals surface area contributed by atoms with Gasteiger partial charge in [-0.2, -0.15) is 0 Å². The van der Waals surface area contributed by atoms with Crippen molar-refractivity contribution in [2.24, 2.45) is 0 Å². The van der Waals surface area contributed by atoms with Crippen molar-refractivity contribution in [3.8, 4) is 0 Å². The molecule has 7 heteroatoms. The molecule has 0 aliphatic carbocycles. The van der Waals surface area contributed by atoms with Crippen molar-refractivity contribution < 1.29 is 24.2 Å². The lowest BCUT2D eigenvalue weighted by Gasteiger charge is -1.82. The molecule has 0 radical (unpaired) electrons. The molecule has 2 heterocycles. The molecule has 2 N–H and O–H groups in total. The molecule has 0 fully saturated rings. The van der Waals surface area contributed by atoms with Gasteiger partial charge in [-0.05, 0) is 22.9 Å². The highest BCUT2D eigenvalue weighted by Gasteiger charge is 2.09. The second-order valence-electron chi connectivity index (χ2n) is 2.69.